The molecule has 1 aliphatic heterocycles. The van der Waals surface area contributed by atoms with Crippen molar-refractivity contribution in [1.29, 1.82) is 0 Å². The Morgan fingerprint density at radius 1 is 1.47 bits per heavy atom. The van der Waals surface area contributed by atoms with Gasteiger partial charge in [-0.25, -0.2) is 0 Å². The Kier molecular flexibility index (Phi) is 5.05. The van der Waals surface area contributed by atoms with E-state index in [9.17, 15) is 4.79 Å². The Labute approximate surface area is 107 Å². The van der Waals surface area contributed by atoms with Crippen LogP contribution >= 0.6 is 39.7 Å². The fourth-order valence-electron chi connectivity index (χ4n) is 1.47. The summed E-state index contributed by atoms with van der Waals surface area (Å²) in [6.07, 6.45) is 0. The number of hydrogen-bond acceptors (Lipinski definition) is 3. The molecule has 0 spiro atoms. The van der Waals surface area contributed by atoms with Crippen LogP contribution in [0.1, 0.15) is 10.4 Å². The van der Waals surface area contributed by atoms with Gasteiger partial charge in [-0.05, 0) is 22.0 Å². The first kappa shape index (κ1) is 13.0. The van der Waals surface area contributed by atoms with Crippen molar-refractivity contribution >= 4 is 45.6 Å². The molecule has 1 saturated heterocycles. The van der Waals surface area contributed by atoms with Crippen molar-refractivity contribution < 1.29 is 4.79 Å². The summed E-state index contributed by atoms with van der Waals surface area (Å²) in [7, 11) is 0. The van der Waals surface area contributed by atoms with E-state index in [1.54, 1.807) is 11.3 Å². The summed E-state index contributed by atoms with van der Waals surface area (Å²) in [5, 5.41) is 5.12. The summed E-state index contributed by atoms with van der Waals surface area (Å²) in [5.74, 6) is 0.147. The van der Waals surface area contributed by atoms with E-state index in [0.717, 1.165) is 35.5 Å². The maximum Gasteiger partial charge on any atom is 0.254 e. The highest BCUT2D eigenvalue weighted by atomic mass is 79.9. The van der Waals surface area contributed by atoms with E-state index < -0.39 is 0 Å². The largest absolute Gasteiger partial charge is 0.336 e. The number of halogens is 2. The van der Waals surface area contributed by atoms with Gasteiger partial charge in [0.25, 0.3) is 5.91 Å². The molecule has 3 nitrogen and oxygen atoms in total. The number of amides is 1. The average Bonchev–Trinajstić information content (AvgIpc) is 2.65. The highest BCUT2D eigenvalue weighted by Crippen LogP contribution is 2.21. The van der Waals surface area contributed by atoms with Gasteiger partial charge in [0.1, 0.15) is 0 Å². The molecule has 15 heavy (non-hydrogen) atoms. The van der Waals surface area contributed by atoms with Crippen LogP contribution in [0, 0.1) is 0 Å². The molecule has 1 aromatic heterocycles. The predicted octanol–water partition coefficient (Wildman–Crippen LogP) is 1.98. The molecule has 1 aliphatic rings. The van der Waals surface area contributed by atoms with Crippen LogP contribution in [0.5, 0.6) is 0 Å². The number of nitrogens with one attached hydrogen (secondary N) is 1. The Balaban J connectivity index is 0.00000112. The molecular formula is C9H12BrClN2OS. The number of hydrogen-bond donors (Lipinski definition) is 1. The fourth-order valence-corrected chi connectivity index (χ4v) is 2.60. The summed E-state index contributed by atoms with van der Waals surface area (Å²) in [6, 6.07) is 1.88. The minimum absolute atomic E-state index is 0. The Hall–Kier alpha value is -0.100. The van der Waals surface area contributed by atoms with Crippen LogP contribution in [0.2, 0.25) is 0 Å². The summed E-state index contributed by atoms with van der Waals surface area (Å²) < 4.78 is 1.01. The van der Waals surface area contributed by atoms with Gasteiger partial charge in [0.2, 0.25) is 0 Å². The second-order valence-corrected chi connectivity index (χ2v) is 5.47. The number of thiophene rings is 1. The highest BCUT2D eigenvalue weighted by Gasteiger charge is 2.18. The lowest BCUT2D eigenvalue weighted by molar-refractivity contribution is 0.0736. The standard InChI is InChI=1S/C9H11BrN2OS.ClH/c10-8-5-7(6-14-8)9(13)12-3-1-11-2-4-12;/h5-6,11H,1-4H2;1H. The summed E-state index contributed by atoms with van der Waals surface area (Å²) in [4.78, 5) is 13.8. The molecule has 0 atom stereocenters. The molecule has 6 heteroatoms. The van der Waals surface area contributed by atoms with Crippen molar-refractivity contribution in [2.75, 3.05) is 26.2 Å². The predicted molar refractivity (Wildman–Crippen MR) is 68.0 cm³/mol. The zero-order chi connectivity index (χ0) is 9.97. The topological polar surface area (TPSA) is 32.3 Å². The van der Waals surface area contributed by atoms with Crippen LogP contribution in [0.4, 0.5) is 0 Å². The molecule has 1 fully saturated rings. The highest BCUT2D eigenvalue weighted by molar-refractivity contribution is 9.11. The zero-order valence-electron chi connectivity index (χ0n) is 8.03. The molecule has 0 saturated carbocycles. The number of carbonyl (C=O) groups excluding carboxylic acids is 1. The quantitative estimate of drug-likeness (QED) is 0.860. The second kappa shape index (κ2) is 5.84. The van der Waals surface area contributed by atoms with Gasteiger partial charge >= 0.3 is 0 Å². The van der Waals surface area contributed by atoms with Gasteiger partial charge in [0.05, 0.1) is 9.35 Å². The molecule has 1 amide bonds. The lowest BCUT2D eigenvalue weighted by Gasteiger charge is -2.27. The summed E-state index contributed by atoms with van der Waals surface area (Å²) >= 11 is 4.91. The minimum Gasteiger partial charge on any atom is -0.336 e. The first-order valence-electron chi connectivity index (χ1n) is 4.51. The van der Waals surface area contributed by atoms with Crippen molar-refractivity contribution in [3.05, 3.63) is 20.8 Å². The van der Waals surface area contributed by atoms with Crippen molar-refractivity contribution in [1.82, 2.24) is 10.2 Å². The molecule has 1 N–H and O–H groups in total. The Morgan fingerprint density at radius 3 is 2.67 bits per heavy atom. The number of piperazine rings is 1. The van der Waals surface area contributed by atoms with Crippen molar-refractivity contribution in [2.24, 2.45) is 0 Å². The van der Waals surface area contributed by atoms with Gasteiger partial charge in [-0.2, -0.15) is 0 Å². The number of carbonyl (C=O) groups is 1. The van der Waals surface area contributed by atoms with E-state index in [-0.39, 0.29) is 18.3 Å². The number of rotatable bonds is 1. The molecule has 2 heterocycles. The van der Waals surface area contributed by atoms with Crippen molar-refractivity contribution in [2.45, 2.75) is 0 Å². The zero-order valence-corrected chi connectivity index (χ0v) is 11.3. The second-order valence-electron chi connectivity index (χ2n) is 3.18. The van der Waals surface area contributed by atoms with Gasteiger partial charge in [-0.15, -0.1) is 23.7 Å². The first-order valence-corrected chi connectivity index (χ1v) is 6.18. The van der Waals surface area contributed by atoms with Crippen LogP contribution < -0.4 is 5.32 Å². The van der Waals surface area contributed by atoms with E-state index in [1.165, 1.54) is 0 Å². The van der Waals surface area contributed by atoms with Crippen molar-refractivity contribution in [3.63, 3.8) is 0 Å². The smallest absolute Gasteiger partial charge is 0.254 e. The monoisotopic (exact) mass is 310 g/mol. The van der Waals surface area contributed by atoms with Crippen LogP contribution in [0.3, 0.4) is 0 Å². The van der Waals surface area contributed by atoms with Gasteiger partial charge in [0.15, 0.2) is 0 Å². The van der Waals surface area contributed by atoms with Gasteiger partial charge < -0.3 is 10.2 Å². The Bertz CT molecular complexity index is 339. The lowest BCUT2D eigenvalue weighted by Crippen LogP contribution is -2.46. The van der Waals surface area contributed by atoms with E-state index in [0.29, 0.717) is 0 Å². The third kappa shape index (κ3) is 3.17. The molecule has 0 radical (unpaired) electrons. The maximum absolute atomic E-state index is 11.9. The Morgan fingerprint density at radius 2 is 2.13 bits per heavy atom. The van der Waals surface area contributed by atoms with E-state index in [4.69, 9.17) is 0 Å². The maximum atomic E-state index is 11.9. The lowest BCUT2D eigenvalue weighted by atomic mass is 10.2. The summed E-state index contributed by atoms with van der Waals surface area (Å²) in [6.45, 7) is 3.42. The van der Waals surface area contributed by atoms with Gasteiger partial charge in [-0.1, -0.05) is 0 Å². The molecule has 84 valence electrons. The van der Waals surface area contributed by atoms with E-state index in [2.05, 4.69) is 21.2 Å². The number of nitrogens with zero attached hydrogens (tertiary/aromatic N) is 1. The van der Waals surface area contributed by atoms with Crippen LogP contribution in [0.25, 0.3) is 0 Å². The summed E-state index contributed by atoms with van der Waals surface area (Å²) in [5.41, 5.74) is 0.795. The third-order valence-electron chi connectivity index (χ3n) is 2.22. The molecule has 0 unspecified atom stereocenters. The molecule has 0 bridgehead atoms. The molecule has 0 aliphatic carbocycles. The average molecular weight is 312 g/mol. The van der Waals surface area contributed by atoms with E-state index >= 15 is 0 Å². The SMILES string of the molecule is Cl.O=C(c1csc(Br)c1)N1CCNCC1. The van der Waals surface area contributed by atoms with Crippen LogP contribution in [-0.4, -0.2) is 37.0 Å². The normalized spacial score (nSPS) is 15.9. The third-order valence-corrected chi connectivity index (χ3v) is 3.72. The fraction of sp³-hybridized carbons (Fsp3) is 0.444. The van der Waals surface area contributed by atoms with E-state index in [1.807, 2.05) is 16.3 Å². The molecule has 0 aromatic carbocycles. The molecular weight excluding hydrogens is 300 g/mol. The van der Waals surface area contributed by atoms with Crippen molar-refractivity contribution in [3.8, 4) is 0 Å². The minimum atomic E-state index is 0. The van der Waals surface area contributed by atoms with Gasteiger partial charge in [0, 0.05) is 31.6 Å². The first-order chi connectivity index (χ1) is 6.77. The van der Waals surface area contributed by atoms with Gasteiger partial charge in [-0.3, -0.25) is 4.79 Å². The molecule has 2 rings (SSSR count). The van der Waals surface area contributed by atoms with Crippen LogP contribution in [-0.2, 0) is 0 Å². The molecule has 1 aromatic rings. The van der Waals surface area contributed by atoms with Crippen LogP contribution in [0.15, 0.2) is 15.2 Å².